The van der Waals surface area contributed by atoms with E-state index in [2.05, 4.69) is 0 Å². The molecular weight excluding hydrogens is 144 g/mol. The van der Waals surface area contributed by atoms with Crippen LogP contribution < -0.4 is 0 Å². The van der Waals surface area contributed by atoms with E-state index in [4.69, 9.17) is 9.84 Å². The smallest absolute Gasteiger partial charge is 0.332 e. The largest absolute Gasteiger partial charge is 0.479 e. The second-order valence-electron chi connectivity index (χ2n) is 2.59. The zero-order chi connectivity index (χ0) is 8.85. The van der Waals surface area contributed by atoms with Crippen molar-refractivity contribution in [3.8, 4) is 0 Å². The van der Waals surface area contributed by atoms with Crippen LogP contribution in [0.3, 0.4) is 0 Å². The quantitative estimate of drug-likeness (QED) is 0.665. The summed E-state index contributed by atoms with van der Waals surface area (Å²) in [6, 6.07) is 0. The van der Waals surface area contributed by atoms with Crippen LogP contribution in [0.1, 0.15) is 33.6 Å². The van der Waals surface area contributed by atoms with Crippen LogP contribution in [0.5, 0.6) is 0 Å². The topological polar surface area (TPSA) is 46.5 Å². The van der Waals surface area contributed by atoms with Gasteiger partial charge in [-0.25, -0.2) is 4.79 Å². The molecule has 2 atom stereocenters. The first-order valence-corrected chi connectivity index (χ1v) is 4.00. The van der Waals surface area contributed by atoms with Crippen LogP contribution in [0, 0.1) is 0 Å². The number of aliphatic carboxylic acids is 1. The van der Waals surface area contributed by atoms with Crippen LogP contribution in [-0.4, -0.2) is 23.3 Å². The molecule has 0 radical (unpaired) electrons. The highest BCUT2D eigenvalue weighted by atomic mass is 16.5. The van der Waals surface area contributed by atoms with Crippen molar-refractivity contribution in [2.24, 2.45) is 0 Å². The number of carbonyl (C=O) groups is 1. The summed E-state index contributed by atoms with van der Waals surface area (Å²) in [5.41, 5.74) is 0. The van der Waals surface area contributed by atoms with Gasteiger partial charge in [-0.2, -0.15) is 0 Å². The first-order chi connectivity index (χ1) is 5.11. The fraction of sp³-hybridized carbons (Fsp3) is 0.875. The van der Waals surface area contributed by atoms with Crippen LogP contribution in [0.4, 0.5) is 0 Å². The Hall–Kier alpha value is -0.570. The lowest BCUT2D eigenvalue weighted by Crippen LogP contribution is -2.26. The van der Waals surface area contributed by atoms with Crippen LogP contribution >= 0.6 is 0 Å². The van der Waals surface area contributed by atoms with Crippen molar-refractivity contribution in [2.45, 2.75) is 45.8 Å². The molecule has 0 spiro atoms. The average Bonchev–Trinajstić information content (AvgIpc) is 1.99. The van der Waals surface area contributed by atoms with Gasteiger partial charge < -0.3 is 9.84 Å². The van der Waals surface area contributed by atoms with E-state index in [9.17, 15) is 4.79 Å². The zero-order valence-electron chi connectivity index (χ0n) is 7.33. The standard InChI is InChI=1S/C8H16O3/c1-4-6(3)11-7(5-2)8(9)10/h6-7H,4-5H2,1-3H3,(H,9,10). The summed E-state index contributed by atoms with van der Waals surface area (Å²) in [7, 11) is 0. The Morgan fingerprint density at radius 2 is 2.00 bits per heavy atom. The van der Waals surface area contributed by atoms with Gasteiger partial charge in [0.05, 0.1) is 6.10 Å². The normalized spacial score (nSPS) is 15.9. The van der Waals surface area contributed by atoms with Gasteiger partial charge in [0.1, 0.15) is 0 Å². The summed E-state index contributed by atoms with van der Waals surface area (Å²) >= 11 is 0. The molecule has 11 heavy (non-hydrogen) atoms. The molecule has 66 valence electrons. The maximum atomic E-state index is 10.5. The van der Waals surface area contributed by atoms with E-state index >= 15 is 0 Å². The first-order valence-electron chi connectivity index (χ1n) is 4.00. The lowest BCUT2D eigenvalue weighted by molar-refractivity contribution is -0.154. The molecule has 1 N–H and O–H groups in total. The molecule has 3 heteroatoms. The van der Waals surface area contributed by atoms with Crippen LogP contribution in [0.15, 0.2) is 0 Å². The van der Waals surface area contributed by atoms with Crippen molar-refractivity contribution in [3.63, 3.8) is 0 Å². The lowest BCUT2D eigenvalue weighted by Gasteiger charge is -2.16. The van der Waals surface area contributed by atoms with Crippen molar-refractivity contribution in [2.75, 3.05) is 0 Å². The number of ether oxygens (including phenoxy) is 1. The summed E-state index contributed by atoms with van der Waals surface area (Å²) in [6.45, 7) is 5.66. The molecule has 0 rings (SSSR count). The van der Waals surface area contributed by atoms with E-state index in [0.29, 0.717) is 6.42 Å². The molecule has 0 aliphatic carbocycles. The highest BCUT2D eigenvalue weighted by Gasteiger charge is 2.17. The minimum atomic E-state index is -0.868. The zero-order valence-corrected chi connectivity index (χ0v) is 7.33. The molecule has 0 saturated carbocycles. The van der Waals surface area contributed by atoms with Gasteiger partial charge in [-0.1, -0.05) is 13.8 Å². The van der Waals surface area contributed by atoms with Crippen LogP contribution in [0.2, 0.25) is 0 Å². The number of hydrogen-bond acceptors (Lipinski definition) is 2. The molecule has 0 bridgehead atoms. The molecule has 0 aliphatic rings. The molecule has 0 aliphatic heterocycles. The van der Waals surface area contributed by atoms with Gasteiger partial charge in [-0.3, -0.25) is 0 Å². The third-order valence-corrected chi connectivity index (χ3v) is 1.62. The highest BCUT2D eigenvalue weighted by Crippen LogP contribution is 2.05. The minimum absolute atomic E-state index is 0.0380. The Morgan fingerprint density at radius 3 is 2.27 bits per heavy atom. The second kappa shape index (κ2) is 5.13. The van der Waals surface area contributed by atoms with Crippen molar-refractivity contribution in [1.82, 2.24) is 0 Å². The molecule has 3 nitrogen and oxygen atoms in total. The van der Waals surface area contributed by atoms with Gasteiger partial charge >= 0.3 is 5.97 Å². The molecule has 0 heterocycles. The summed E-state index contributed by atoms with van der Waals surface area (Å²) < 4.78 is 5.21. The number of carboxylic acid groups (broad SMARTS) is 1. The average molecular weight is 160 g/mol. The van der Waals surface area contributed by atoms with Crippen LogP contribution in [0.25, 0.3) is 0 Å². The van der Waals surface area contributed by atoms with Crippen molar-refractivity contribution >= 4 is 5.97 Å². The van der Waals surface area contributed by atoms with Gasteiger partial charge in [0.25, 0.3) is 0 Å². The minimum Gasteiger partial charge on any atom is -0.479 e. The molecule has 0 aromatic carbocycles. The van der Waals surface area contributed by atoms with E-state index in [-0.39, 0.29) is 6.10 Å². The van der Waals surface area contributed by atoms with Crippen molar-refractivity contribution in [1.29, 1.82) is 0 Å². The molecule has 0 amide bonds. The van der Waals surface area contributed by atoms with E-state index in [1.54, 1.807) is 6.92 Å². The number of hydrogen-bond donors (Lipinski definition) is 1. The summed E-state index contributed by atoms with van der Waals surface area (Å²) in [6.07, 6.45) is 0.782. The molecule has 0 fully saturated rings. The number of rotatable bonds is 5. The third-order valence-electron chi connectivity index (χ3n) is 1.62. The van der Waals surface area contributed by atoms with Crippen LogP contribution in [-0.2, 0) is 9.53 Å². The van der Waals surface area contributed by atoms with Gasteiger partial charge in [0.2, 0.25) is 0 Å². The number of carboxylic acids is 1. The Morgan fingerprint density at radius 1 is 1.45 bits per heavy atom. The SMILES string of the molecule is CCC(C)OC(CC)C(=O)O. The third kappa shape index (κ3) is 3.98. The van der Waals surface area contributed by atoms with E-state index < -0.39 is 12.1 Å². The van der Waals surface area contributed by atoms with Gasteiger partial charge in [0.15, 0.2) is 6.10 Å². The van der Waals surface area contributed by atoms with Crippen molar-refractivity contribution in [3.05, 3.63) is 0 Å². The predicted molar refractivity (Wildman–Crippen MR) is 42.6 cm³/mol. The molecule has 0 aromatic rings. The maximum absolute atomic E-state index is 10.5. The molecular formula is C8H16O3. The molecule has 0 saturated heterocycles. The summed E-state index contributed by atoms with van der Waals surface area (Å²) in [5.74, 6) is -0.868. The van der Waals surface area contributed by atoms with E-state index in [1.807, 2.05) is 13.8 Å². The fourth-order valence-electron chi connectivity index (χ4n) is 0.706. The summed E-state index contributed by atoms with van der Waals surface area (Å²) in [4.78, 5) is 10.5. The van der Waals surface area contributed by atoms with E-state index in [0.717, 1.165) is 6.42 Å². The Bertz CT molecular complexity index is 123. The van der Waals surface area contributed by atoms with Crippen molar-refractivity contribution < 1.29 is 14.6 Å². The Kier molecular flexibility index (Phi) is 4.86. The lowest BCUT2D eigenvalue weighted by atomic mass is 10.2. The predicted octanol–water partition coefficient (Wildman–Crippen LogP) is 1.66. The Balaban J connectivity index is 3.77. The maximum Gasteiger partial charge on any atom is 0.332 e. The molecule has 0 aromatic heterocycles. The van der Waals surface area contributed by atoms with Gasteiger partial charge in [0, 0.05) is 0 Å². The van der Waals surface area contributed by atoms with E-state index in [1.165, 1.54) is 0 Å². The Labute approximate surface area is 67.4 Å². The highest BCUT2D eigenvalue weighted by molar-refractivity contribution is 5.72. The summed E-state index contributed by atoms with van der Waals surface area (Å²) in [5, 5.41) is 8.59. The monoisotopic (exact) mass is 160 g/mol. The van der Waals surface area contributed by atoms with Gasteiger partial charge in [-0.05, 0) is 19.8 Å². The molecule has 2 unspecified atom stereocenters. The van der Waals surface area contributed by atoms with Gasteiger partial charge in [-0.15, -0.1) is 0 Å². The second-order valence-corrected chi connectivity index (χ2v) is 2.59. The fourth-order valence-corrected chi connectivity index (χ4v) is 0.706. The first kappa shape index (κ1) is 10.4.